The Kier molecular flexibility index (Phi) is 7.07. The van der Waals surface area contributed by atoms with Gasteiger partial charge in [0.05, 0.1) is 6.10 Å². The zero-order valence-corrected chi connectivity index (χ0v) is 18.6. The number of hydrogen-bond donors (Lipinski definition) is 3. The maximum atomic E-state index is 12.6. The number of carbonyl (C=O) groups excluding carboxylic acids is 2. The standard InChI is InChI=1S/C25H32N4O3/c1-18(30)29-12-10-23(16-29)27-22-8-4-7-20(13-22)25(32)26-14-24(31)17-28-11-9-19-5-2-3-6-21(19)15-28/h2-8,13,23-24,27,31H,9-12,14-17H2,1H3,(H,26,32)/t23-,24-/m0/s1. The molecule has 2 aliphatic rings. The monoisotopic (exact) mass is 436 g/mol. The molecule has 2 aromatic rings. The minimum Gasteiger partial charge on any atom is -0.390 e. The van der Waals surface area contributed by atoms with Crippen molar-refractivity contribution in [2.45, 2.75) is 38.5 Å². The number of fused-ring (bicyclic) bond motifs is 1. The minimum atomic E-state index is -0.624. The number of anilines is 1. The summed E-state index contributed by atoms with van der Waals surface area (Å²) in [6, 6.07) is 16.0. The van der Waals surface area contributed by atoms with Crippen molar-refractivity contribution in [1.82, 2.24) is 15.1 Å². The van der Waals surface area contributed by atoms with Gasteiger partial charge in [-0.1, -0.05) is 30.3 Å². The number of hydrogen-bond acceptors (Lipinski definition) is 5. The van der Waals surface area contributed by atoms with Crippen molar-refractivity contribution in [3.05, 3.63) is 65.2 Å². The summed E-state index contributed by atoms with van der Waals surface area (Å²) in [6.07, 6.45) is 1.25. The summed E-state index contributed by atoms with van der Waals surface area (Å²) in [5.41, 5.74) is 4.11. The Balaban J connectivity index is 1.24. The number of carbonyl (C=O) groups is 2. The Hall–Kier alpha value is -2.90. The van der Waals surface area contributed by atoms with E-state index in [-0.39, 0.29) is 24.4 Å². The third kappa shape index (κ3) is 5.66. The van der Waals surface area contributed by atoms with Gasteiger partial charge in [0.2, 0.25) is 5.91 Å². The van der Waals surface area contributed by atoms with Gasteiger partial charge in [0.25, 0.3) is 5.91 Å². The highest BCUT2D eigenvalue weighted by Crippen LogP contribution is 2.19. The number of nitrogens with zero attached hydrogens (tertiary/aromatic N) is 2. The van der Waals surface area contributed by atoms with E-state index >= 15 is 0 Å². The number of nitrogens with one attached hydrogen (secondary N) is 2. The molecule has 0 radical (unpaired) electrons. The predicted molar refractivity (Wildman–Crippen MR) is 124 cm³/mol. The molecule has 2 aromatic carbocycles. The summed E-state index contributed by atoms with van der Waals surface area (Å²) >= 11 is 0. The lowest BCUT2D eigenvalue weighted by atomic mass is 10.00. The zero-order valence-electron chi connectivity index (χ0n) is 18.6. The molecule has 0 aromatic heterocycles. The smallest absolute Gasteiger partial charge is 0.251 e. The predicted octanol–water partition coefficient (Wildman–Crippen LogP) is 1.87. The Labute approximate surface area is 189 Å². The number of benzene rings is 2. The fourth-order valence-corrected chi connectivity index (χ4v) is 4.54. The molecule has 2 heterocycles. The quantitative estimate of drug-likeness (QED) is 0.617. The number of amides is 2. The van der Waals surface area contributed by atoms with Crippen molar-refractivity contribution < 1.29 is 14.7 Å². The van der Waals surface area contributed by atoms with Gasteiger partial charge in [0.1, 0.15) is 0 Å². The first-order chi connectivity index (χ1) is 15.5. The molecule has 2 atom stereocenters. The highest BCUT2D eigenvalue weighted by molar-refractivity contribution is 5.95. The summed E-state index contributed by atoms with van der Waals surface area (Å²) < 4.78 is 0. The van der Waals surface area contributed by atoms with Crippen LogP contribution in [0.5, 0.6) is 0 Å². The largest absolute Gasteiger partial charge is 0.390 e. The number of rotatable bonds is 7. The Morgan fingerprint density at radius 1 is 1.12 bits per heavy atom. The fraction of sp³-hybridized carbons (Fsp3) is 0.440. The molecule has 0 bridgehead atoms. The molecule has 0 unspecified atom stereocenters. The maximum Gasteiger partial charge on any atom is 0.251 e. The van der Waals surface area contributed by atoms with Crippen LogP contribution < -0.4 is 10.6 Å². The van der Waals surface area contributed by atoms with Gasteiger partial charge in [-0.15, -0.1) is 0 Å². The van der Waals surface area contributed by atoms with E-state index in [4.69, 9.17) is 0 Å². The van der Waals surface area contributed by atoms with Gasteiger partial charge < -0.3 is 20.6 Å². The lowest BCUT2D eigenvalue weighted by Crippen LogP contribution is -2.42. The molecule has 7 nitrogen and oxygen atoms in total. The van der Waals surface area contributed by atoms with E-state index in [1.165, 1.54) is 11.1 Å². The Morgan fingerprint density at radius 3 is 2.72 bits per heavy atom. The molecule has 1 saturated heterocycles. The van der Waals surface area contributed by atoms with Crippen LogP contribution in [-0.4, -0.2) is 71.6 Å². The van der Waals surface area contributed by atoms with Gasteiger partial charge in [-0.05, 0) is 42.2 Å². The summed E-state index contributed by atoms with van der Waals surface area (Å²) in [5.74, 6) is -0.108. The van der Waals surface area contributed by atoms with Crippen LogP contribution >= 0.6 is 0 Å². The topological polar surface area (TPSA) is 84.9 Å². The van der Waals surface area contributed by atoms with Gasteiger partial charge in [0.15, 0.2) is 0 Å². The molecule has 32 heavy (non-hydrogen) atoms. The third-order valence-electron chi connectivity index (χ3n) is 6.31. The SMILES string of the molecule is CC(=O)N1CC[C@H](Nc2cccc(C(=O)NC[C@H](O)CN3CCc4ccccc4C3)c2)C1. The van der Waals surface area contributed by atoms with E-state index < -0.39 is 6.10 Å². The molecule has 2 aliphatic heterocycles. The second-order valence-electron chi connectivity index (χ2n) is 8.79. The molecule has 2 amide bonds. The van der Waals surface area contributed by atoms with E-state index in [1.807, 2.05) is 29.2 Å². The van der Waals surface area contributed by atoms with E-state index in [2.05, 4.69) is 33.7 Å². The molecular formula is C25H32N4O3. The van der Waals surface area contributed by atoms with Crippen molar-refractivity contribution in [3.8, 4) is 0 Å². The Bertz CT molecular complexity index is 964. The molecule has 0 spiro atoms. The van der Waals surface area contributed by atoms with Crippen molar-refractivity contribution in [2.75, 3.05) is 38.0 Å². The van der Waals surface area contributed by atoms with Gasteiger partial charge >= 0.3 is 0 Å². The maximum absolute atomic E-state index is 12.6. The molecule has 170 valence electrons. The van der Waals surface area contributed by atoms with Crippen molar-refractivity contribution in [2.24, 2.45) is 0 Å². The van der Waals surface area contributed by atoms with Crippen LogP contribution in [-0.2, 0) is 17.8 Å². The van der Waals surface area contributed by atoms with Crippen LogP contribution in [0.15, 0.2) is 48.5 Å². The highest BCUT2D eigenvalue weighted by atomic mass is 16.3. The normalized spacial score (nSPS) is 19.3. The van der Waals surface area contributed by atoms with E-state index in [1.54, 1.807) is 13.0 Å². The summed E-state index contributed by atoms with van der Waals surface area (Å²) in [6.45, 7) is 5.52. The summed E-state index contributed by atoms with van der Waals surface area (Å²) in [7, 11) is 0. The van der Waals surface area contributed by atoms with Crippen molar-refractivity contribution in [1.29, 1.82) is 0 Å². The second kappa shape index (κ2) is 10.1. The second-order valence-corrected chi connectivity index (χ2v) is 8.79. The average Bonchev–Trinajstić information content (AvgIpc) is 3.26. The minimum absolute atomic E-state index is 0.0924. The zero-order chi connectivity index (χ0) is 22.5. The number of β-amino-alcohol motifs (C(OH)–C–C–N with tert-alkyl or cyclic N) is 1. The highest BCUT2D eigenvalue weighted by Gasteiger charge is 2.24. The van der Waals surface area contributed by atoms with Crippen LogP contribution in [0.2, 0.25) is 0 Å². The van der Waals surface area contributed by atoms with E-state index in [9.17, 15) is 14.7 Å². The molecular weight excluding hydrogens is 404 g/mol. The van der Waals surface area contributed by atoms with Gasteiger partial charge in [-0.25, -0.2) is 0 Å². The third-order valence-corrected chi connectivity index (χ3v) is 6.31. The van der Waals surface area contributed by atoms with Gasteiger partial charge in [0, 0.05) is 63.5 Å². The molecule has 4 rings (SSSR count). The molecule has 0 aliphatic carbocycles. The molecule has 0 saturated carbocycles. The van der Waals surface area contributed by atoms with Crippen LogP contribution in [0.3, 0.4) is 0 Å². The van der Waals surface area contributed by atoms with Crippen LogP contribution in [0.25, 0.3) is 0 Å². The molecule has 3 N–H and O–H groups in total. The van der Waals surface area contributed by atoms with Crippen LogP contribution in [0.1, 0.15) is 34.8 Å². The van der Waals surface area contributed by atoms with Crippen LogP contribution in [0, 0.1) is 0 Å². The number of aliphatic hydroxyl groups is 1. The molecule has 1 fully saturated rings. The first-order valence-corrected chi connectivity index (χ1v) is 11.4. The lowest BCUT2D eigenvalue weighted by Gasteiger charge is -2.30. The first kappa shape index (κ1) is 22.3. The number of likely N-dealkylation sites (tertiary alicyclic amines) is 1. The Morgan fingerprint density at radius 2 is 1.94 bits per heavy atom. The van der Waals surface area contributed by atoms with Gasteiger partial charge in [-0.3, -0.25) is 14.5 Å². The van der Waals surface area contributed by atoms with Gasteiger partial charge in [-0.2, -0.15) is 0 Å². The van der Waals surface area contributed by atoms with Crippen molar-refractivity contribution in [3.63, 3.8) is 0 Å². The molecule has 7 heteroatoms. The van der Waals surface area contributed by atoms with Crippen molar-refractivity contribution >= 4 is 17.5 Å². The average molecular weight is 437 g/mol. The number of aliphatic hydroxyl groups excluding tert-OH is 1. The van der Waals surface area contributed by atoms with E-state index in [0.717, 1.165) is 38.2 Å². The van der Waals surface area contributed by atoms with Crippen LogP contribution in [0.4, 0.5) is 5.69 Å². The van der Waals surface area contributed by atoms with E-state index in [0.29, 0.717) is 18.7 Å². The first-order valence-electron chi connectivity index (χ1n) is 11.4. The fourth-order valence-electron chi connectivity index (χ4n) is 4.54. The summed E-state index contributed by atoms with van der Waals surface area (Å²) in [4.78, 5) is 28.2. The summed E-state index contributed by atoms with van der Waals surface area (Å²) in [5, 5.41) is 16.7. The lowest BCUT2D eigenvalue weighted by molar-refractivity contribution is -0.127.